The number of aromatic nitrogens is 2. The van der Waals surface area contributed by atoms with Gasteiger partial charge < -0.3 is 0 Å². The van der Waals surface area contributed by atoms with Crippen LogP contribution in [0.4, 0.5) is 0 Å². The van der Waals surface area contributed by atoms with E-state index in [2.05, 4.69) is 29.0 Å². The van der Waals surface area contributed by atoms with Gasteiger partial charge in [-0.1, -0.05) is 31.2 Å². The number of aldehydes is 1. The smallest absolute Gasteiger partial charge is 0.159 e. The van der Waals surface area contributed by atoms with Gasteiger partial charge >= 0.3 is 0 Å². The Morgan fingerprint density at radius 1 is 1.24 bits per heavy atom. The van der Waals surface area contributed by atoms with Crippen molar-refractivity contribution in [3.8, 4) is 11.4 Å². The van der Waals surface area contributed by atoms with E-state index in [4.69, 9.17) is 0 Å². The molecule has 2 aromatic rings. The molecule has 86 valence electrons. The van der Waals surface area contributed by atoms with Crippen LogP contribution in [0.15, 0.2) is 30.5 Å². The highest BCUT2D eigenvalue weighted by atomic mass is 16.1. The first kappa shape index (κ1) is 11.5. The van der Waals surface area contributed by atoms with Crippen molar-refractivity contribution in [2.45, 2.75) is 20.3 Å². The Bertz CT molecular complexity index is 532. The Balaban J connectivity index is 2.38. The lowest BCUT2D eigenvalue weighted by Gasteiger charge is -2.03. The Hall–Kier alpha value is -2.03. The molecule has 1 aromatic heterocycles. The number of nitrogens with zero attached hydrogens (tertiary/aromatic N) is 2. The SMILES string of the molecule is CCc1ccc(-c2ncc(C=O)c(C)n2)cc1. The highest BCUT2D eigenvalue weighted by molar-refractivity contribution is 5.76. The maximum Gasteiger partial charge on any atom is 0.159 e. The Morgan fingerprint density at radius 3 is 2.47 bits per heavy atom. The van der Waals surface area contributed by atoms with Crippen molar-refractivity contribution < 1.29 is 4.79 Å². The molecule has 0 atom stereocenters. The fourth-order valence-corrected chi connectivity index (χ4v) is 1.62. The summed E-state index contributed by atoms with van der Waals surface area (Å²) in [5.74, 6) is 0.663. The summed E-state index contributed by atoms with van der Waals surface area (Å²) < 4.78 is 0. The zero-order valence-electron chi connectivity index (χ0n) is 9.97. The van der Waals surface area contributed by atoms with E-state index < -0.39 is 0 Å². The second-order valence-corrected chi connectivity index (χ2v) is 3.90. The van der Waals surface area contributed by atoms with E-state index in [0.717, 1.165) is 18.3 Å². The largest absolute Gasteiger partial charge is 0.298 e. The van der Waals surface area contributed by atoms with Crippen LogP contribution < -0.4 is 0 Å². The summed E-state index contributed by atoms with van der Waals surface area (Å²) in [5, 5.41) is 0. The second kappa shape index (κ2) is 4.87. The highest BCUT2D eigenvalue weighted by Gasteiger charge is 2.04. The lowest BCUT2D eigenvalue weighted by Crippen LogP contribution is -1.96. The standard InChI is InChI=1S/C14H14N2O/c1-3-11-4-6-12(7-5-11)14-15-8-13(9-17)10(2)16-14/h4-9H,3H2,1-2H3. The number of carbonyl (C=O) groups excluding carboxylic acids is 1. The summed E-state index contributed by atoms with van der Waals surface area (Å²) in [6.45, 7) is 3.93. The van der Waals surface area contributed by atoms with Crippen LogP contribution in [0, 0.1) is 6.92 Å². The van der Waals surface area contributed by atoms with Crippen LogP contribution >= 0.6 is 0 Å². The average molecular weight is 226 g/mol. The third-order valence-corrected chi connectivity index (χ3v) is 2.76. The minimum Gasteiger partial charge on any atom is -0.298 e. The maximum absolute atomic E-state index is 10.7. The maximum atomic E-state index is 10.7. The molecule has 0 saturated heterocycles. The van der Waals surface area contributed by atoms with Gasteiger partial charge in [-0.15, -0.1) is 0 Å². The predicted molar refractivity (Wildman–Crippen MR) is 67.0 cm³/mol. The number of hydrogen-bond acceptors (Lipinski definition) is 3. The number of carbonyl (C=O) groups is 1. The minimum absolute atomic E-state index is 0.541. The van der Waals surface area contributed by atoms with Crippen molar-refractivity contribution in [1.29, 1.82) is 0 Å². The monoisotopic (exact) mass is 226 g/mol. The van der Waals surface area contributed by atoms with E-state index in [1.807, 2.05) is 19.1 Å². The summed E-state index contributed by atoms with van der Waals surface area (Å²) in [6.07, 6.45) is 3.36. The van der Waals surface area contributed by atoms with Crippen molar-refractivity contribution in [3.05, 3.63) is 47.3 Å². The lowest BCUT2D eigenvalue weighted by molar-refractivity contribution is 0.112. The molecular weight excluding hydrogens is 212 g/mol. The van der Waals surface area contributed by atoms with Crippen LogP contribution in [0.5, 0.6) is 0 Å². The molecule has 0 saturated carbocycles. The van der Waals surface area contributed by atoms with Crippen LogP contribution in [0.3, 0.4) is 0 Å². The first-order valence-corrected chi connectivity index (χ1v) is 5.62. The van der Waals surface area contributed by atoms with Gasteiger partial charge in [-0.3, -0.25) is 4.79 Å². The number of hydrogen-bond donors (Lipinski definition) is 0. The number of aryl methyl sites for hydroxylation is 2. The molecule has 3 nitrogen and oxygen atoms in total. The van der Waals surface area contributed by atoms with E-state index >= 15 is 0 Å². The molecule has 1 aromatic carbocycles. The first-order chi connectivity index (χ1) is 8.24. The molecule has 0 amide bonds. The zero-order chi connectivity index (χ0) is 12.3. The van der Waals surface area contributed by atoms with Gasteiger partial charge in [0, 0.05) is 11.8 Å². The van der Waals surface area contributed by atoms with Crippen LogP contribution in [0.1, 0.15) is 28.5 Å². The molecule has 0 N–H and O–H groups in total. The summed E-state index contributed by atoms with van der Waals surface area (Å²) >= 11 is 0. The van der Waals surface area contributed by atoms with Crippen molar-refractivity contribution in [1.82, 2.24) is 9.97 Å². The first-order valence-electron chi connectivity index (χ1n) is 5.62. The van der Waals surface area contributed by atoms with E-state index in [1.165, 1.54) is 5.56 Å². The Labute approximate surface area is 101 Å². The van der Waals surface area contributed by atoms with Crippen molar-refractivity contribution in [2.75, 3.05) is 0 Å². The summed E-state index contributed by atoms with van der Waals surface area (Å²) in [5.41, 5.74) is 3.52. The van der Waals surface area contributed by atoms with Crippen molar-refractivity contribution in [2.24, 2.45) is 0 Å². The lowest BCUT2D eigenvalue weighted by atomic mass is 10.1. The molecule has 2 rings (SSSR count). The molecule has 3 heteroatoms. The van der Waals surface area contributed by atoms with Gasteiger partial charge in [0.05, 0.1) is 11.3 Å². The van der Waals surface area contributed by atoms with Crippen molar-refractivity contribution >= 4 is 6.29 Å². The Morgan fingerprint density at radius 2 is 1.94 bits per heavy atom. The molecule has 1 heterocycles. The molecule has 0 aliphatic carbocycles. The molecule has 0 radical (unpaired) electrons. The molecule has 0 fully saturated rings. The predicted octanol–water partition coefficient (Wildman–Crippen LogP) is 2.83. The van der Waals surface area contributed by atoms with Gasteiger partial charge in [-0.05, 0) is 18.9 Å². The van der Waals surface area contributed by atoms with E-state index in [-0.39, 0.29) is 0 Å². The number of benzene rings is 1. The zero-order valence-corrected chi connectivity index (χ0v) is 9.97. The molecule has 0 spiro atoms. The van der Waals surface area contributed by atoms with Gasteiger partial charge in [0.1, 0.15) is 0 Å². The highest BCUT2D eigenvalue weighted by Crippen LogP contribution is 2.16. The fourth-order valence-electron chi connectivity index (χ4n) is 1.62. The summed E-state index contributed by atoms with van der Waals surface area (Å²) in [6, 6.07) is 8.16. The number of rotatable bonds is 3. The molecule has 0 aliphatic heterocycles. The van der Waals surface area contributed by atoms with E-state index in [9.17, 15) is 4.79 Å². The van der Waals surface area contributed by atoms with Gasteiger partial charge in [-0.2, -0.15) is 0 Å². The molecule has 17 heavy (non-hydrogen) atoms. The second-order valence-electron chi connectivity index (χ2n) is 3.90. The third kappa shape index (κ3) is 2.38. The fraction of sp³-hybridized carbons (Fsp3) is 0.214. The van der Waals surface area contributed by atoms with Gasteiger partial charge in [0.2, 0.25) is 0 Å². The van der Waals surface area contributed by atoms with E-state index in [0.29, 0.717) is 17.1 Å². The third-order valence-electron chi connectivity index (χ3n) is 2.76. The molecule has 0 aliphatic rings. The Kier molecular flexibility index (Phi) is 3.28. The summed E-state index contributed by atoms with van der Waals surface area (Å²) in [4.78, 5) is 19.2. The quantitative estimate of drug-likeness (QED) is 0.756. The van der Waals surface area contributed by atoms with Crippen LogP contribution in [-0.2, 0) is 6.42 Å². The van der Waals surface area contributed by atoms with Crippen molar-refractivity contribution in [3.63, 3.8) is 0 Å². The molecule has 0 bridgehead atoms. The average Bonchev–Trinajstić information content (AvgIpc) is 2.39. The van der Waals surface area contributed by atoms with E-state index in [1.54, 1.807) is 6.20 Å². The normalized spacial score (nSPS) is 10.2. The van der Waals surface area contributed by atoms with Crippen LogP contribution in [-0.4, -0.2) is 16.3 Å². The van der Waals surface area contributed by atoms with Gasteiger partial charge in [-0.25, -0.2) is 9.97 Å². The van der Waals surface area contributed by atoms with Crippen LogP contribution in [0.2, 0.25) is 0 Å². The molecule has 0 unspecified atom stereocenters. The molecular formula is C14H14N2O. The van der Waals surface area contributed by atoms with Crippen LogP contribution in [0.25, 0.3) is 11.4 Å². The van der Waals surface area contributed by atoms with Gasteiger partial charge in [0.25, 0.3) is 0 Å². The van der Waals surface area contributed by atoms with Gasteiger partial charge in [0.15, 0.2) is 12.1 Å². The minimum atomic E-state index is 0.541. The topological polar surface area (TPSA) is 42.9 Å². The summed E-state index contributed by atoms with van der Waals surface area (Å²) in [7, 11) is 0.